The zero-order chi connectivity index (χ0) is 84.5. The second-order valence-corrected chi connectivity index (χ2v) is 46.0. The standard InChI is InChI=1S/6C13H12IO.6FH.12O.6Sb.6H/c6*1-15-13-9-7-12(8-10-13)14-11-5-3-2-4-6-11;;;;;;;;;;;;;;;;;;;;;;;;;;;;;;/h6*2-10H,1H3;6*1H;;;;;;;;;;;;;;;;;;;;;;;;/q6*+1;;;;;;;;;;;;;6*-1;6*+1;;;;;;/p-6. The maximum atomic E-state index is 10.1. The summed E-state index contributed by atoms with van der Waals surface area (Å²) in [6, 6.07) is 114. The van der Waals surface area contributed by atoms with Gasteiger partial charge in [0.25, 0.3) is 0 Å². The van der Waals surface area contributed by atoms with E-state index in [4.69, 9.17) is 66.8 Å². The van der Waals surface area contributed by atoms with Crippen LogP contribution in [0.15, 0.2) is 328 Å². The first-order chi connectivity index (χ1) is 54.7. The predicted molar refractivity (Wildman–Crippen MR) is 395 cm³/mol. The van der Waals surface area contributed by atoms with Crippen LogP contribution in [0.2, 0.25) is 0 Å². The molecule has 0 saturated heterocycles. The van der Waals surface area contributed by atoms with Gasteiger partial charge in [-0.2, -0.15) is 0 Å². The van der Waals surface area contributed by atoms with Crippen molar-refractivity contribution in [1.29, 1.82) is 0 Å². The van der Waals surface area contributed by atoms with Gasteiger partial charge in [0.2, 0.25) is 0 Å². The van der Waals surface area contributed by atoms with Crippen molar-refractivity contribution < 1.29 is 211 Å². The van der Waals surface area contributed by atoms with Crippen molar-refractivity contribution in [2.45, 2.75) is 0 Å². The fraction of sp³-hybridized carbons (Fsp3) is 0.0769. The molecule has 6 unspecified atom stereocenters. The van der Waals surface area contributed by atoms with E-state index < -0.39 is 127 Å². The molecule has 0 bridgehead atoms. The van der Waals surface area contributed by atoms with Gasteiger partial charge in [-0.3, -0.25) is 0 Å². The molecule has 0 amide bonds. The summed E-state index contributed by atoms with van der Waals surface area (Å²) in [5, 5.41) is 0. The molecule has 0 aromatic heterocycles. The van der Waals surface area contributed by atoms with Crippen LogP contribution in [-0.4, -0.2) is 170 Å². The molecule has 0 aliphatic heterocycles. The Hall–Kier alpha value is -3.13. The summed E-state index contributed by atoms with van der Waals surface area (Å²) in [7, 11) is 10.2. The third kappa shape index (κ3) is 63.8. The average Bonchev–Trinajstić information content (AvgIpc) is 0.923. The van der Waals surface area contributed by atoms with Gasteiger partial charge < -0.3 is 28.4 Å². The molecule has 0 aliphatic rings. The van der Waals surface area contributed by atoms with Gasteiger partial charge in [0.1, 0.15) is 34.5 Å². The zero-order valence-electron chi connectivity index (χ0n) is 61.1. The first-order valence-electron chi connectivity index (χ1n) is 31.9. The molecule has 0 spiro atoms. The number of halogens is 12. The van der Waals surface area contributed by atoms with Gasteiger partial charge in [-0.25, -0.2) is 0 Å². The monoisotopic (exact) mass is 2900 g/mol. The van der Waals surface area contributed by atoms with Crippen molar-refractivity contribution in [2.75, 3.05) is 42.7 Å². The molecule has 0 heterocycles. The summed E-state index contributed by atoms with van der Waals surface area (Å²) in [6.07, 6.45) is 0. The summed E-state index contributed by atoms with van der Waals surface area (Å²) in [5.41, 5.74) is 0. The molecule has 12 aromatic rings. The fourth-order valence-corrected chi connectivity index (χ4v) is 20.7. The molecule has 6 atom stereocenters. The molecular weight excluding hydrogens is 2830 g/mol. The van der Waals surface area contributed by atoms with Crippen LogP contribution in [-0.2, 0) is 18.1 Å². The molecule has 12 aromatic carbocycles. The van der Waals surface area contributed by atoms with E-state index in [1.807, 2.05) is 72.8 Å². The molecule has 114 heavy (non-hydrogen) atoms. The normalized spacial score (nSPS) is 11.1. The van der Waals surface area contributed by atoms with E-state index >= 15 is 0 Å². The molecule has 0 saturated carbocycles. The first kappa shape index (κ1) is 109. The van der Waals surface area contributed by atoms with E-state index in [1.54, 1.807) is 42.7 Å². The number of hydrogen-bond acceptors (Lipinski definition) is 18. The SMILES string of the molecule is COc1ccc([I+]c2ccccc2)cc1.COc1ccc([I+]c2ccccc2)cc1.COc1ccc([I+]c2ccccc2)cc1.COc1ccc([I+]c2ccccc2)cc1.COc1ccc([I+]c2ccccc2)cc1.COc1ccc([I+]c2ccccc2)cc1.[O]=[SbH]([O-])[F].[O]=[SbH]([O-])[F].[O]=[SbH]([O-])[F].[O]=[SbH]([O-])[F].[O]=[SbH]([O-])[F].[O]=[SbH]([O-])[F]. The second kappa shape index (κ2) is 71.6. The van der Waals surface area contributed by atoms with Crippen LogP contribution in [0.4, 0.5) is 16.9 Å². The quantitative estimate of drug-likeness (QED) is 0.0438. The Bertz CT molecular complexity index is 3760. The van der Waals surface area contributed by atoms with E-state index in [0.29, 0.717) is 0 Å². The third-order valence-corrected chi connectivity index (χ3v) is 28.1. The van der Waals surface area contributed by atoms with E-state index in [0.717, 1.165) is 34.5 Å². The molecule has 612 valence electrons. The van der Waals surface area contributed by atoms with E-state index in [1.165, 1.54) is 42.8 Å². The van der Waals surface area contributed by atoms with E-state index in [-0.39, 0.29) is 127 Å². The Morgan fingerprint density at radius 2 is 0.254 bits per heavy atom. The zero-order valence-corrected chi connectivity index (χ0v) is 91.1. The van der Waals surface area contributed by atoms with Crippen molar-refractivity contribution in [2.24, 2.45) is 0 Å². The minimum atomic E-state index is -4.54. The van der Waals surface area contributed by atoms with Crippen LogP contribution >= 0.6 is 0 Å². The average molecular weight is 2910 g/mol. The van der Waals surface area contributed by atoms with Crippen molar-refractivity contribution in [3.8, 4) is 34.5 Å². The van der Waals surface area contributed by atoms with Crippen LogP contribution in [0, 0.1) is 42.8 Å². The molecule has 0 radical (unpaired) electrons. The molecule has 18 nitrogen and oxygen atoms in total. The molecule has 0 aliphatic carbocycles. The Morgan fingerprint density at radius 1 is 0.175 bits per heavy atom. The Labute approximate surface area is 773 Å². The minimum absolute atomic E-state index is 0.0449. The molecule has 0 fully saturated rings. The van der Waals surface area contributed by atoms with Gasteiger partial charge in [0, 0.05) is 0 Å². The number of benzene rings is 12. The van der Waals surface area contributed by atoms with E-state index in [9.17, 15) is 16.9 Å². The van der Waals surface area contributed by atoms with Crippen molar-refractivity contribution >= 4 is 127 Å². The van der Waals surface area contributed by atoms with Gasteiger partial charge in [-0.05, 0) is 218 Å². The Morgan fingerprint density at radius 3 is 0.333 bits per heavy atom. The van der Waals surface area contributed by atoms with Gasteiger partial charge >= 0.3 is 310 Å². The summed E-state index contributed by atoms with van der Waals surface area (Å²) in [6.45, 7) is 0. The van der Waals surface area contributed by atoms with Crippen molar-refractivity contribution in [1.82, 2.24) is 0 Å². The topological polar surface area (TPSA) is 296 Å². The van der Waals surface area contributed by atoms with Gasteiger partial charge in [-0.1, -0.05) is 109 Å². The maximum absolute atomic E-state index is 10.1. The van der Waals surface area contributed by atoms with Crippen LogP contribution in [0.1, 0.15) is 0 Å². The number of rotatable bonds is 18. The third-order valence-electron chi connectivity index (χ3n) is 12.0. The van der Waals surface area contributed by atoms with Crippen LogP contribution in [0.25, 0.3) is 0 Å². The van der Waals surface area contributed by atoms with Gasteiger partial charge in [0.15, 0.2) is 42.8 Å². The summed E-state index contributed by atoms with van der Waals surface area (Å²) < 4.78 is 211. The molecular formula is C78H78F6I6O18Sb6. The first-order valence-corrected chi connectivity index (χ1v) is 65.3. The predicted octanol–water partition coefficient (Wildman–Crippen LogP) is -10.3. The van der Waals surface area contributed by atoms with E-state index in [2.05, 4.69) is 255 Å². The van der Waals surface area contributed by atoms with Gasteiger partial charge in [0.05, 0.1) is 42.7 Å². The second-order valence-electron chi connectivity index (χ2n) is 19.7. The van der Waals surface area contributed by atoms with Crippen LogP contribution in [0.3, 0.4) is 0 Å². The summed E-state index contributed by atoms with van der Waals surface area (Å²) in [4.78, 5) is 0. The molecule has 12 rings (SSSR count). The van der Waals surface area contributed by atoms with Gasteiger partial charge in [-0.15, -0.1) is 0 Å². The molecule has 0 N–H and O–H groups in total. The number of ether oxygens (including phenoxy) is 6. The van der Waals surface area contributed by atoms with Crippen LogP contribution in [0.5, 0.6) is 34.5 Å². The number of methoxy groups -OCH3 is 6. The Balaban J connectivity index is 0.000000646. The van der Waals surface area contributed by atoms with Crippen molar-refractivity contribution in [3.63, 3.8) is 0 Å². The fourth-order valence-electron chi connectivity index (χ4n) is 7.42. The molecule has 36 heteroatoms. The van der Waals surface area contributed by atoms with Crippen LogP contribution < -0.4 is 176 Å². The van der Waals surface area contributed by atoms with Crippen molar-refractivity contribution in [3.05, 3.63) is 370 Å². The summed E-state index contributed by atoms with van der Waals surface area (Å²) >= 11 is -27.5. The number of hydrogen-bond donors (Lipinski definition) is 0. The Kier molecular flexibility index (Phi) is 68.4. The summed E-state index contributed by atoms with van der Waals surface area (Å²) in [5.74, 6) is 5.56.